The quantitative estimate of drug-likeness (QED) is 0.724. The maximum absolute atomic E-state index is 11.1. The fraction of sp³-hybridized carbons (Fsp3) is 1.00. The van der Waals surface area contributed by atoms with E-state index >= 15 is 0 Å². The van der Waals surface area contributed by atoms with E-state index in [1.54, 1.807) is 0 Å². The van der Waals surface area contributed by atoms with Crippen molar-refractivity contribution < 1.29 is 13.5 Å². The van der Waals surface area contributed by atoms with Gasteiger partial charge in [-0.25, -0.2) is 8.42 Å². The molecule has 2 heterocycles. The van der Waals surface area contributed by atoms with Gasteiger partial charge in [0.1, 0.15) is 9.84 Å². The Labute approximate surface area is 169 Å². The Morgan fingerprint density at radius 2 is 1.56 bits per heavy atom. The standard InChI is InChI=1S/C7H15NO2S.C7H15NO.C4H11N.C2H6/c1-8-5-3-7(4-6-8)11(2,9)10;1-8-4-2-7(6-8)3-5-9;1-3-4-5-2;1-2/h7H,3-6H2,1-2H3;7,9H,2-6H2,1H3;5H,3-4H2,1-2H3;1-2H3. The molecule has 2 N–H and O–H groups in total. The van der Waals surface area contributed by atoms with Crippen LogP contribution in [0.5, 0.6) is 0 Å². The van der Waals surface area contributed by atoms with Crippen molar-refractivity contribution in [3.05, 3.63) is 0 Å². The van der Waals surface area contributed by atoms with E-state index in [9.17, 15) is 8.42 Å². The molecule has 27 heavy (non-hydrogen) atoms. The minimum Gasteiger partial charge on any atom is -0.396 e. The predicted molar refractivity (Wildman–Crippen MR) is 118 cm³/mol. The van der Waals surface area contributed by atoms with Crippen molar-refractivity contribution in [1.82, 2.24) is 15.1 Å². The van der Waals surface area contributed by atoms with Gasteiger partial charge in [0, 0.05) is 19.4 Å². The molecule has 2 saturated heterocycles. The van der Waals surface area contributed by atoms with Gasteiger partial charge in [0.15, 0.2) is 0 Å². The van der Waals surface area contributed by atoms with Crippen molar-refractivity contribution in [2.24, 2.45) is 5.92 Å². The van der Waals surface area contributed by atoms with Crippen LogP contribution in [0.15, 0.2) is 0 Å². The summed E-state index contributed by atoms with van der Waals surface area (Å²) in [6, 6.07) is 0. The number of hydrogen-bond acceptors (Lipinski definition) is 6. The molecule has 2 fully saturated rings. The van der Waals surface area contributed by atoms with Gasteiger partial charge in [0.2, 0.25) is 0 Å². The summed E-state index contributed by atoms with van der Waals surface area (Å²) in [4.78, 5) is 4.49. The molecule has 0 aromatic carbocycles. The van der Waals surface area contributed by atoms with Gasteiger partial charge in [-0.1, -0.05) is 20.8 Å². The van der Waals surface area contributed by atoms with Crippen LogP contribution in [-0.4, -0.2) is 95.3 Å². The number of nitrogens with zero attached hydrogens (tertiary/aromatic N) is 2. The largest absolute Gasteiger partial charge is 0.396 e. The van der Waals surface area contributed by atoms with Crippen molar-refractivity contribution in [3.8, 4) is 0 Å². The van der Waals surface area contributed by atoms with Gasteiger partial charge in [-0.2, -0.15) is 0 Å². The summed E-state index contributed by atoms with van der Waals surface area (Å²) < 4.78 is 22.1. The second-order valence-corrected chi connectivity index (χ2v) is 9.69. The van der Waals surface area contributed by atoms with Crippen LogP contribution < -0.4 is 5.32 Å². The first-order chi connectivity index (χ1) is 12.7. The lowest BCUT2D eigenvalue weighted by molar-refractivity contribution is 0.256. The maximum Gasteiger partial charge on any atom is 0.150 e. The number of sulfone groups is 1. The van der Waals surface area contributed by atoms with E-state index in [0.717, 1.165) is 44.8 Å². The molecule has 7 heteroatoms. The monoisotopic (exact) mass is 409 g/mol. The fourth-order valence-corrected chi connectivity index (χ4v) is 4.17. The third kappa shape index (κ3) is 16.4. The van der Waals surface area contributed by atoms with Crippen LogP contribution in [-0.2, 0) is 9.84 Å². The summed E-state index contributed by atoms with van der Waals surface area (Å²) in [7, 11) is 3.35. The molecule has 166 valence electrons. The van der Waals surface area contributed by atoms with Crippen molar-refractivity contribution in [1.29, 1.82) is 0 Å². The van der Waals surface area contributed by atoms with E-state index in [1.165, 1.54) is 32.2 Å². The highest BCUT2D eigenvalue weighted by Crippen LogP contribution is 2.16. The molecule has 0 aliphatic carbocycles. The Balaban J connectivity index is 0. The Hall–Kier alpha value is -0.210. The highest BCUT2D eigenvalue weighted by molar-refractivity contribution is 7.91. The summed E-state index contributed by atoms with van der Waals surface area (Å²) in [5.74, 6) is 0.764. The van der Waals surface area contributed by atoms with Crippen molar-refractivity contribution in [2.75, 3.05) is 66.7 Å². The molecule has 0 radical (unpaired) electrons. The first kappa shape index (κ1) is 29.0. The SMILES string of the molecule is CC.CCCNC.CN1CCC(CCO)C1.CN1CCC(S(C)(=O)=O)CC1. The molecule has 0 bridgehead atoms. The molecule has 6 nitrogen and oxygen atoms in total. The topological polar surface area (TPSA) is 72.9 Å². The Bertz CT molecular complexity index is 407. The van der Waals surface area contributed by atoms with Gasteiger partial charge in [0.05, 0.1) is 5.25 Å². The van der Waals surface area contributed by atoms with Crippen molar-refractivity contribution >= 4 is 9.84 Å². The maximum atomic E-state index is 11.1. The van der Waals surface area contributed by atoms with E-state index in [1.807, 2.05) is 27.9 Å². The van der Waals surface area contributed by atoms with Gasteiger partial charge in [0.25, 0.3) is 0 Å². The third-order valence-corrected chi connectivity index (χ3v) is 6.48. The Morgan fingerprint density at radius 1 is 1.04 bits per heavy atom. The molecular formula is C20H47N3O3S. The number of rotatable bonds is 5. The lowest BCUT2D eigenvalue weighted by atomic mass is 10.1. The molecule has 2 rings (SSSR count). The average Bonchev–Trinajstić information content (AvgIpc) is 3.03. The van der Waals surface area contributed by atoms with Gasteiger partial charge in [-0.05, 0) is 85.3 Å². The molecule has 0 aromatic heterocycles. The van der Waals surface area contributed by atoms with E-state index in [0.29, 0.717) is 6.61 Å². The van der Waals surface area contributed by atoms with Gasteiger partial charge in [-0.3, -0.25) is 0 Å². The molecular weight excluding hydrogens is 362 g/mol. The average molecular weight is 410 g/mol. The van der Waals surface area contributed by atoms with Crippen LogP contribution in [0.1, 0.15) is 52.9 Å². The summed E-state index contributed by atoms with van der Waals surface area (Å²) in [6.07, 6.45) is 6.44. The molecule has 0 aromatic rings. The van der Waals surface area contributed by atoms with Crippen molar-refractivity contribution in [3.63, 3.8) is 0 Å². The smallest absolute Gasteiger partial charge is 0.150 e. The van der Waals surface area contributed by atoms with Gasteiger partial charge >= 0.3 is 0 Å². The molecule has 2 aliphatic rings. The van der Waals surface area contributed by atoms with Gasteiger partial charge < -0.3 is 20.2 Å². The van der Waals surface area contributed by atoms with Crippen molar-refractivity contribution in [2.45, 2.75) is 58.1 Å². The summed E-state index contributed by atoms with van der Waals surface area (Å²) in [6.45, 7) is 11.9. The summed E-state index contributed by atoms with van der Waals surface area (Å²) in [5.41, 5.74) is 0. The molecule has 1 atom stereocenters. The number of hydrogen-bond donors (Lipinski definition) is 2. The highest BCUT2D eigenvalue weighted by atomic mass is 32.2. The summed E-state index contributed by atoms with van der Waals surface area (Å²) in [5, 5.41) is 11.5. The zero-order valence-corrected chi connectivity index (χ0v) is 19.8. The molecule has 1 unspecified atom stereocenters. The molecule has 0 amide bonds. The van der Waals surface area contributed by atoms with E-state index in [4.69, 9.17) is 5.11 Å². The lowest BCUT2D eigenvalue weighted by Gasteiger charge is -2.27. The Morgan fingerprint density at radius 3 is 1.85 bits per heavy atom. The molecule has 0 spiro atoms. The number of piperidine rings is 1. The first-order valence-corrected chi connectivity index (χ1v) is 12.5. The number of nitrogens with one attached hydrogen (secondary N) is 1. The zero-order valence-electron chi connectivity index (χ0n) is 19.0. The van der Waals surface area contributed by atoms with Gasteiger partial charge in [-0.15, -0.1) is 0 Å². The van der Waals surface area contributed by atoms with Crippen LogP contribution in [0.2, 0.25) is 0 Å². The van der Waals surface area contributed by atoms with Crippen LogP contribution in [0.4, 0.5) is 0 Å². The molecule has 2 aliphatic heterocycles. The van der Waals surface area contributed by atoms with E-state index < -0.39 is 9.84 Å². The minimum atomic E-state index is -2.78. The number of likely N-dealkylation sites (tertiary alicyclic amines) is 2. The van der Waals surface area contributed by atoms with Crippen LogP contribution >= 0.6 is 0 Å². The number of aliphatic hydroxyl groups excluding tert-OH is 1. The third-order valence-electron chi connectivity index (χ3n) is 4.80. The fourth-order valence-electron chi connectivity index (χ4n) is 3.11. The lowest BCUT2D eigenvalue weighted by Crippen LogP contribution is -2.36. The second-order valence-electron chi connectivity index (χ2n) is 7.36. The van der Waals surface area contributed by atoms with Crippen LogP contribution in [0.25, 0.3) is 0 Å². The normalized spacial score (nSPS) is 21.3. The van der Waals surface area contributed by atoms with Crippen LogP contribution in [0, 0.1) is 5.92 Å². The van der Waals surface area contributed by atoms with E-state index in [-0.39, 0.29) is 5.25 Å². The second kappa shape index (κ2) is 17.9. The van der Waals surface area contributed by atoms with Crippen LogP contribution in [0.3, 0.4) is 0 Å². The highest BCUT2D eigenvalue weighted by Gasteiger charge is 2.24. The number of aliphatic hydroxyl groups is 1. The van der Waals surface area contributed by atoms with E-state index in [2.05, 4.69) is 29.1 Å². The predicted octanol–water partition coefficient (Wildman–Crippen LogP) is 2.09. The Kier molecular flexibility index (Phi) is 19.2. The first-order valence-electron chi connectivity index (χ1n) is 10.6. The zero-order chi connectivity index (χ0) is 21.3. The minimum absolute atomic E-state index is 0.0845. The summed E-state index contributed by atoms with van der Waals surface area (Å²) >= 11 is 0. The molecule has 0 saturated carbocycles.